The highest BCUT2D eigenvalue weighted by Crippen LogP contribution is 2.37. The Balaban J connectivity index is 0.000000234. The van der Waals surface area contributed by atoms with Crippen LogP contribution in [0.4, 0.5) is 51.4 Å². The molecule has 0 aliphatic carbocycles. The number of amidine groups is 1. The van der Waals surface area contributed by atoms with Crippen molar-refractivity contribution in [3.05, 3.63) is 268 Å². The molecule has 12 rings (SSSR count). The number of benzene rings is 8. The number of carbonyl (C=O) groups excluding carboxylic acids is 3. The lowest BCUT2D eigenvalue weighted by atomic mass is 10.1. The van der Waals surface area contributed by atoms with Crippen LogP contribution >= 0.6 is 23.2 Å². The molecule has 8 aromatic carbocycles. The van der Waals surface area contributed by atoms with Gasteiger partial charge in [-0.25, -0.2) is 47.6 Å². The van der Waals surface area contributed by atoms with E-state index >= 15 is 0 Å². The van der Waals surface area contributed by atoms with E-state index in [1.807, 2.05) is 179 Å². The van der Waals surface area contributed by atoms with E-state index in [-0.39, 0.29) is 62.8 Å². The standard InChI is InChI=1S/C50H50N8O5.C41H48Cl2N6O5S/c1-6-45(63-43-26-20-34(4)30-35(43)5)61-33-54-38-23-27-44(62-40-18-13-10-14-19-40)42(31-38)56-48(59)46(55-37-21-24-39(25-22-37)57(7-2)8-3)47-53-32-41(36-16-11-9-12-17-36)49(60)58(47)50-51-28-15-29-52-50;1-4-5-6-7-8-9-10-11-12-13-19-37(50)47-55(52,53)36-27-32(42)35(26-33(36)43)46-41(51)39(44-30-21-23-31(24-22-30)48(2)3)40-45-34-18-15-14-17-29(34)28-49(40)38-20-16-25-54-38/h9-32,45,54H,6-8,33H2,1-5H3,(H,56,59);14-18,20-27H,4-13,19,28H2,1-3H3,(H,46,51)(H,47,50). The highest BCUT2D eigenvalue weighted by molar-refractivity contribution is 7.90. The minimum atomic E-state index is -4.36. The summed E-state index contributed by atoms with van der Waals surface area (Å²) in [6.45, 7) is 14.5. The molecule has 1 unspecified atom stereocenters. The molecule has 24 nitrogen and oxygen atoms in total. The second-order valence-corrected chi connectivity index (χ2v) is 30.6. The third-order valence-electron chi connectivity index (χ3n) is 19.3. The third kappa shape index (κ3) is 23.5. The molecule has 11 aromatic rings. The van der Waals surface area contributed by atoms with Gasteiger partial charge in [0, 0.05) is 81.7 Å². The zero-order valence-electron chi connectivity index (χ0n) is 67.5. The molecular weight excluding hydrogens is 1550 g/mol. The lowest BCUT2D eigenvalue weighted by molar-refractivity contribution is -0.119. The van der Waals surface area contributed by atoms with Crippen LogP contribution in [0, 0.1) is 13.8 Å². The predicted octanol–water partition coefficient (Wildman–Crippen LogP) is 20.1. The molecule has 0 saturated heterocycles. The second-order valence-electron chi connectivity index (χ2n) is 28.1. The van der Waals surface area contributed by atoms with Gasteiger partial charge in [-0.1, -0.05) is 179 Å². The molecule has 118 heavy (non-hydrogen) atoms. The Bertz CT molecular complexity index is 5480. The predicted molar refractivity (Wildman–Crippen MR) is 472 cm³/mol. The van der Waals surface area contributed by atoms with E-state index in [0.29, 0.717) is 76.3 Å². The summed E-state index contributed by atoms with van der Waals surface area (Å²) in [5.41, 5.74) is 7.81. The number of rotatable bonds is 37. The Morgan fingerprint density at radius 3 is 1.92 bits per heavy atom. The number of fused-ring (bicyclic) bond motifs is 1. The molecule has 3 aromatic heterocycles. The Morgan fingerprint density at radius 1 is 0.636 bits per heavy atom. The van der Waals surface area contributed by atoms with Crippen LogP contribution in [0.25, 0.3) is 17.1 Å². The molecule has 0 spiro atoms. The zero-order chi connectivity index (χ0) is 83.5. The molecule has 612 valence electrons. The third-order valence-corrected chi connectivity index (χ3v) is 21.4. The van der Waals surface area contributed by atoms with Crippen molar-refractivity contribution in [2.24, 2.45) is 15.0 Å². The average Bonchev–Trinajstić information content (AvgIpc) is 0.944. The monoisotopic (exact) mass is 1650 g/mol. The quantitative estimate of drug-likeness (QED) is 0.0160. The molecule has 0 saturated carbocycles. The smallest absolute Gasteiger partial charge is 0.278 e. The topological polar surface area (TPSA) is 282 Å². The lowest BCUT2D eigenvalue weighted by Gasteiger charge is -2.28. The first-order chi connectivity index (χ1) is 57.2. The molecule has 1 aliphatic heterocycles. The highest BCUT2D eigenvalue weighted by Gasteiger charge is 2.33. The molecule has 4 heterocycles. The summed E-state index contributed by atoms with van der Waals surface area (Å²) in [7, 11) is -0.513. The number of furan rings is 1. The Morgan fingerprint density at radius 2 is 1.26 bits per heavy atom. The SMILES string of the molecule is CCC(OCNc1ccc(Oc2ccccc2)c(NC(=O)C(=Nc2ccc(N(CC)CC)cc2)c2ncc(-c3ccccc3)c(=O)n2-c2ncccn2)c1)Oc1ccc(C)cc1C.CCCCCCCCCCCCC(=O)NS(=O)(=O)c1cc(Cl)c(NC(=O)C(=Nc2ccc(N(C)C)cc2)C2=Nc3ccccc3CN2c2ccco2)cc1Cl. The zero-order valence-corrected chi connectivity index (χ0v) is 69.8. The molecule has 0 bridgehead atoms. The number of ether oxygens (including phenoxy) is 3. The van der Waals surface area contributed by atoms with Crippen LogP contribution in [-0.2, 0) is 35.7 Å². The molecule has 1 atom stereocenters. The van der Waals surface area contributed by atoms with Gasteiger partial charge in [-0.3, -0.25) is 24.1 Å². The first kappa shape index (κ1) is 86.6. The summed E-state index contributed by atoms with van der Waals surface area (Å²) >= 11 is 13.1. The number of anilines is 6. The van der Waals surface area contributed by atoms with Gasteiger partial charge in [0.15, 0.2) is 28.8 Å². The Kier molecular flexibility index (Phi) is 31.2. The maximum Gasteiger partial charge on any atom is 0.278 e. The number of para-hydroxylation sites is 2. The highest BCUT2D eigenvalue weighted by atomic mass is 35.5. The number of halogens is 2. The van der Waals surface area contributed by atoms with Crippen LogP contribution in [0.1, 0.15) is 127 Å². The van der Waals surface area contributed by atoms with Crippen molar-refractivity contribution in [3.63, 3.8) is 0 Å². The number of carbonyl (C=O) groups is 3. The number of hydrogen-bond donors (Lipinski definition) is 4. The summed E-state index contributed by atoms with van der Waals surface area (Å²) in [6.07, 6.45) is 17.1. The molecule has 0 radical (unpaired) electrons. The van der Waals surface area contributed by atoms with Crippen molar-refractivity contribution in [1.82, 2.24) is 24.2 Å². The number of amides is 3. The van der Waals surface area contributed by atoms with Gasteiger partial charge in [-0.15, -0.1) is 0 Å². The van der Waals surface area contributed by atoms with Crippen molar-refractivity contribution in [3.8, 4) is 34.3 Å². The van der Waals surface area contributed by atoms with Gasteiger partial charge in [-0.2, -0.15) is 0 Å². The largest absolute Gasteiger partial charge is 0.465 e. The van der Waals surface area contributed by atoms with Crippen LogP contribution < -0.4 is 50.4 Å². The van der Waals surface area contributed by atoms with E-state index in [0.717, 1.165) is 72.2 Å². The van der Waals surface area contributed by atoms with Gasteiger partial charge >= 0.3 is 0 Å². The van der Waals surface area contributed by atoms with Gasteiger partial charge in [0.25, 0.3) is 27.4 Å². The second kappa shape index (κ2) is 42.5. The van der Waals surface area contributed by atoms with Gasteiger partial charge < -0.3 is 44.4 Å². The van der Waals surface area contributed by atoms with Crippen LogP contribution in [0.15, 0.2) is 254 Å². The van der Waals surface area contributed by atoms with Crippen LogP contribution in [0.3, 0.4) is 0 Å². The summed E-state index contributed by atoms with van der Waals surface area (Å²) in [5.74, 6) is 0.287. The minimum absolute atomic E-state index is 0.0198. The van der Waals surface area contributed by atoms with Gasteiger partial charge in [0.2, 0.25) is 24.0 Å². The van der Waals surface area contributed by atoms with E-state index < -0.39 is 39.6 Å². The number of nitrogens with one attached hydrogen (secondary N) is 4. The van der Waals surface area contributed by atoms with E-state index in [1.165, 1.54) is 74.0 Å². The first-order valence-electron chi connectivity index (χ1n) is 39.6. The van der Waals surface area contributed by atoms with E-state index in [4.69, 9.17) is 61.8 Å². The number of unbranched alkanes of at least 4 members (excludes halogenated alkanes) is 9. The molecule has 0 fully saturated rings. The number of nitrogens with zero attached hydrogens (tertiary/aromatic N) is 10. The maximum atomic E-state index is 15.0. The molecule has 1 aliphatic rings. The van der Waals surface area contributed by atoms with E-state index in [1.54, 1.807) is 47.4 Å². The lowest BCUT2D eigenvalue weighted by Crippen LogP contribution is -2.43. The van der Waals surface area contributed by atoms with Crippen molar-refractivity contribution < 1.29 is 41.4 Å². The fraction of sp³-hybridized carbons (Fsp3) is 0.275. The van der Waals surface area contributed by atoms with Crippen LogP contribution in [-0.4, -0.2) is 103 Å². The fourth-order valence-corrected chi connectivity index (χ4v) is 14.8. The minimum Gasteiger partial charge on any atom is -0.465 e. The maximum absolute atomic E-state index is 15.0. The van der Waals surface area contributed by atoms with Gasteiger partial charge in [0.05, 0.1) is 56.9 Å². The molecular formula is C91H98Cl2N14O10S. The summed E-state index contributed by atoms with van der Waals surface area (Å²) in [4.78, 5) is 90.0. The van der Waals surface area contributed by atoms with Crippen molar-refractivity contribution in [1.29, 1.82) is 0 Å². The van der Waals surface area contributed by atoms with Crippen LogP contribution in [0.5, 0.6) is 17.2 Å². The Labute approximate surface area is 699 Å². The average molecular weight is 1650 g/mol. The summed E-state index contributed by atoms with van der Waals surface area (Å²) in [6, 6.07) is 59.6. The van der Waals surface area contributed by atoms with Crippen molar-refractivity contribution in [2.75, 3.05) is 64.6 Å². The number of aryl methyl sites for hydroxylation is 2. The fourth-order valence-electron chi connectivity index (χ4n) is 13.0. The first-order valence-corrected chi connectivity index (χ1v) is 41.8. The number of hydrogen-bond acceptors (Lipinski definition) is 20. The normalized spacial score (nSPS) is 12.3. The van der Waals surface area contributed by atoms with Crippen molar-refractivity contribution in [2.45, 2.75) is 136 Å². The van der Waals surface area contributed by atoms with Gasteiger partial charge in [0.1, 0.15) is 23.1 Å². The van der Waals surface area contributed by atoms with E-state index in [2.05, 4.69) is 62.4 Å². The number of sulfonamides is 1. The summed E-state index contributed by atoms with van der Waals surface area (Å²) < 4.78 is 54.2. The molecule has 4 N–H and O–H groups in total. The Hall–Kier alpha value is -12.3. The van der Waals surface area contributed by atoms with Crippen LogP contribution in [0.2, 0.25) is 10.0 Å². The molecule has 27 heteroatoms. The van der Waals surface area contributed by atoms with Gasteiger partial charge in [-0.05, 0) is 166 Å². The van der Waals surface area contributed by atoms with E-state index in [9.17, 15) is 27.6 Å². The molecule has 3 amide bonds. The summed E-state index contributed by atoms with van der Waals surface area (Å²) in [5, 5.41) is 8.72. The number of aromatic nitrogens is 4. The number of aliphatic imine (C=N–C) groups is 3. The van der Waals surface area contributed by atoms with Crippen molar-refractivity contribution >= 4 is 120 Å².